The van der Waals surface area contributed by atoms with Gasteiger partial charge >= 0.3 is 0 Å². The molecule has 1 amide bonds. The Morgan fingerprint density at radius 3 is 2.36 bits per heavy atom. The Labute approximate surface area is 82.2 Å². The zero-order chi connectivity index (χ0) is 11.1. The molecule has 14 heavy (non-hydrogen) atoms. The first kappa shape index (κ1) is 13.3. The fraction of sp³-hybridized carbons (Fsp3) is 0.875. The SMILES string of the molecule is CCC(=O)N[C@@H](O)[C@H](O)C(O)CCO. The fourth-order valence-electron chi connectivity index (χ4n) is 0.866. The third kappa shape index (κ3) is 4.52. The molecule has 0 saturated carbocycles. The lowest BCUT2D eigenvalue weighted by atomic mass is 10.1. The van der Waals surface area contributed by atoms with Crippen LogP contribution in [-0.4, -0.2) is 51.4 Å². The molecular weight excluding hydrogens is 190 g/mol. The van der Waals surface area contributed by atoms with Crippen molar-refractivity contribution in [2.45, 2.75) is 38.2 Å². The molecule has 6 heteroatoms. The first-order chi connectivity index (χ1) is 6.52. The minimum Gasteiger partial charge on any atom is -0.396 e. The lowest BCUT2D eigenvalue weighted by Crippen LogP contribution is -2.48. The van der Waals surface area contributed by atoms with E-state index >= 15 is 0 Å². The van der Waals surface area contributed by atoms with Gasteiger partial charge in [-0.2, -0.15) is 0 Å². The number of hydrogen-bond donors (Lipinski definition) is 5. The highest BCUT2D eigenvalue weighted by atomic mass is 16.4. The molecule has 3 atom stereocenters. The lowest BCUT2D eigenvalue weighted by molar-refractivity contribution is -0.130. The van der Waals surface area contributed by atoms with Crippen molar-refractivity contribution in [1.82, 2.24) is 5.32 Å². The van der Waals surface area contributed by atoms with E-state index in [1.54, 1.807) is 6.92 Å². The van der Waals surface area contributed by atoms with Crippen LogP contribution in [0, 0.1) is 0 Å². The van der Waals surface area contributed by atoms with Crippen LogP contribution in [0.15, 0.2) is 0 Å². The molecule has 0 aromatic rings. The van der Waals surface area contributed by atoms with Crippen molar-refractivity contribution in [3.63, 3.8) is 0 Å². The van der Waals surface area contributed by atoms with Gasteiger partial charge < -0.3 is 25.7 Å². The maximum atomic E-state index is 10.8. The van der Waals surface area contributed by atoms with Gasteiger partial charge in [-0.15, -0.1) is 0 Å². The van der Waals surface area contributed by atoms with E-state index in [4.69, 9.17) is 10.2 Å². The van der Waals surface area contributed by atoms with Crippen LogP contribution >= 0.6 is 0 Å². The van der Waals surface area contributed by atoms with E-state index in [1.165, 1.54) is 0 Å². The second-order valence-electron chi connectivity index (χ2n) is 2.94. The van der Waals surface area contributed by atoms with Crippen LogP contribution in [0.4, 0.5) is 0 Å². The number of carbonyl (C=O) groups excluding carboxylic acids is 1. The third-order valence-corrected chi connectivity index (χ3v) is 1.77. The summed E-state index contributed by atoms with van der Waals surface area (Å²) in [7, 11) is 0. The van der Waals surface area contributed by atoms with Gasteiger partial charge in [0.15, 0.2) is 6.23 Å². The highest BCUT2D eigenvalue weighted by Gasteiger charge is 2.24. The molecule has 0 rings (SSSR count). The van der Waals surface area contributed by atoms with Gasteiger partial charge in [0.05, 0.1) is 6.10 Å². The minimum absolute atomic E-state index is 0.0553. The molecule has 1 unspecified atom stereocenters. The van der Waals surface area contributed by atoms with E-state index in [-0.39, 0.29) is 19.4 Å². The van der Waals surface area contributed by atoms with Crippen molar-refractivity contribution in [2.75, 3.05) is 6.61 Å². The van der Waals surface area contributed by atoms with Crippen LogP contribution in [0.25, 0.3) is 0 Å². The summed E-state index contributed by atoms with van der Waals surface area (Å²) in [5.74, 6) is -0.423. The van der Waals surface area contributed by atoms with Gasteiger partial charge in [-0.1, -0.05) is 6.92 Å². The smallest absolute Gasteiger partial charge is 0.221 e. The predicted molar refractivity (Wildman–Crippen MR) is 48.2 cm³/mol. The summed E-state index contributed by atoms with van der Waals surface area (Å²) in [6.45, 7) is 1.30. The minimum atomic E-state index is -1.51. The fourth-order valence-corrected chi connectivity index (χ4v) is 0.866. The quantitative estimate of drug-likeness (QED) is 0.322. The Balaban J connectivity index is 3.97. The molecule has 0 spiro atoms. The van der Waals surface area contributed by atoms with Crippen molar-refractivity contribution in [3.05, 3.63) is 0 Å². The molecule has 0 aliphatic heterocycles. The van der Waals surface area contributed by atoms with Crippen LogP contribution in [-0.2, 0) is 4.79 Å². The zero-order valence-electron chi connectivity index (χ0n) is 8.05. The average Bonchev–Trinajstić information content (AvgIpc) is 2.16. The third-order valence-electron chi connectivity index (χ3n) is 1.77. The second-order valence-corrected chi connectivity index (χ2v) is 2.94. The molecule has 0 aliphatic carbocycles. The van der Waals surface area contributed by atoms with Gasteiger partial charge in [0, 0.05) is 13.0 Å². The number of carbonyl (C=O) groups is 1. The van der Waals surface area contributed by atoms with E-state index in [1.807, 2.05) is 0 Å². The number of nitrogens with one attached hydrogen (secondary N) is 1. The van der Waals surface area contributed by atoms with Crippen LogP contribution in [0.2, 0.25) is 0 Å². The summed E-state index contributed by atoms with van der Waals surface area (Å²) < 4.78 is 0. The molecule has 0 saturated heterocycles. The summed E-state index contributed by atoms with van der Waals surface area (Å²) in [5, 5.41) is 38.1. The number of amides is 1. The van der Waals surface area contributed by atoms with Crippen LogP contribution < -0.4 is 5.32 Å². The monoisotopic (exact) mass is 207 g/mol. The zero-order valence-corrected chi connectivity index (χ0v) is 8.05. The van der Waals surface area contributed by atoms with Crippen molar-refractivity contribution < 1.29 is 25.2 Å². The van der Waals surface area contributed by atoms with Gasteiger partial charge in [0.1, 0.15) is 6.10 Å². The van der Waals surface area contributed by atoms with E-state index in [2.05, 4.69) is 5.32 Å². The lowest BCUT2D eigenvalue weighted by Gasteiger charge is -2.22. The molecule has 0 aliphatic rings. The Hall–Kier alpha value is -0.690. The number of aliphatic hydroxyl groups is 4. The summed E-state index contributed by atoms with van der Waals surface area (Å²) in [6.07, 6.45) is -4.13. The molecule has 5 N–H and O–H groups in total. The molecule has 0 bridgehead atoms. The molecule has 0 aromatic carbocycles. The Morgan fingerprint density at radius 1 is 1.36 bits per heavy atom. The van der Waals surface area contributed by atoms with Crippen LogP contribution in [0.1, 0.15) is 19.8 Å². The van der Waals surface area contributed by atoms with Gasteiger partial charge in [0.25, 0.3) is 0 Å². The van der Waals surface area contributed by atoms with Crippen molar-refractivity contribution in [3.8, 4) is 0 Å². The first-order valence-corrected chi connectivity index (χ1v) is 4.47. The van der Waals surface area contributed by atoms with E-state index in [0.717, 1.165) is 0 Å². The largest absolute Gasteiger partial charge is 0.396 e. The molecule has 84 valence electrons. The Bertz CT molecular complexity index is 175. The van der Waals surface area contributed by atoms with Gasteiger partial charge in [-0.05, 0) is 6.42 Å². The highest BCUT2D eigenvalue weighted by molar-refractivity contribution is 5.75. The highest BCUT2D eigenvalue weighted by Crippen LogP contribution is 2.02. The predicted octanol–water partition coefficient (Wildman–Crippen LogP) is -2.06. The number of hydrogen-bond acceptors (Lipinski definition) is 5. The molecule has 0 radical (unpaired) electrons. The maximum absolute atomic E-state index is 10.8. The van der Waals surface area contributed by atoms with Crippen molar-refractivity contribution in [2.24, 2.45) is 0 Å². The molecule has 0 heterocycles. The number of rotatable bonds is 6. The van der Waals surface area contributed by atoms with E-state index in [0.29, 0.717) is 0 Å². The van der Waals surface area contributed by atoms with Crippen LogP contribution in [0.3, 0.4) is 0 Å². The van der Waals surface area contributed by atoms with Crippen molar-refractivity contribution in [1.29, 1.82) is 0 Å². The van der Waals surface area contributed by atoms with Crippen molar-refractivity contribution >= 4 is 5.91 Å². The average molecular weight is 207 g/mol. The summed E-state index contributed by atoms with van der Waals surface area (Å²) >= 11 is 0. The molecule has 0 aromatic heterocycles. The van der Waals surface area contributed by atoms with Crippen LogP contribution in [0.5, 0.6) is 0 Å². The van der Waals surface area contributed by atoms with Gasteiger partial charge in [-0.3, -0.25) is 4.79 Å². The maximum Gasteiger partial charge on any atom is 0.221 e. The van der Waals surface area contributed by atoms with Gasteiger partial charge in [-0.25, -0.2) is 0 Å². The molecule has 6 nitrogen and oxygen atoms in total. The normalized spacial score (nSPS) is 17.2. The Morgan fingerprint density at radius 2 is 1.93 bits per heavy atom. The standard InChI is InChI=1S/C8H17NO5/c1-2-6(12)9-8(14)7(13)5(11)3-4-10/h5,7-8,10-11,13-14H,2-4H2,1H3,(H,9,12)/t5?,7-,8+/m1/s1. The van der Waals surface area contributed by atoms with Gasteiger partial charge in [0.2, 0.25) is 5.91 Å². The Kier molecular flexibility index (Phi) is 6.39. The number of aliphatic hydroxyl groups excluding tert-OH is 4. The molecule has 0 fully saturated rings. The molecular formula is C8H17NO5. The summed E-state index contributed by atoms with van der Waals surface area (Å²) in [5.41, 5.74) is 0. The second kappa shape index (κ2) is 6.72. The summed E-state index contributed by atoms with van der Waals surface area (Å²) in [6, 6.07) is 0. The first-order valence-electron chi connectivity index (χ1n) is 4.47. The topological polar surface area (TPSA) is 110 Å². The van der Waals surface area contributed by atoms with E-state index in [9.17, 15) is 15.0 Å². The summed E-state index contributed by atoms with van der Waals surface area (Å²) in [4.78, 5) is 10.8. The van der Waals surface area contributed by atoms with E-state index < -0.39 is 24.3 Å².